The smallest absolute Gasteiger partial charge is 0.227 e. The van der Waals surface area contributed by atoms with E-state index in [0.29, 0.717) is 18.7 Å². The second-order valence-electron chi connectivity index (χ2n) is 6.30. The van der Waals surface area contributed by atoms with E-state index < -0.39 is 5.82 Å². The Kier molecular flexibility index (Phi) is 3.33. The van der Waals surface area contributed by atoms with Gasteiger partial charge in [-0.25, -0.2) is 4.39 Å². The number of hydrogen-bond acceptors (Lipinski definition) is 5. The molecule has 1 amide bonds. The highest BCUT2D eigenvalue weighted by Crippen LogP contribution is 2.41. The first-order valence-electron chi connectivity index (χ1n) is 7.71. The van der Waals surface area contributed by atoms with E-state index in [0.717, 1.165) is 25.9 Å². The van der Waals surface area contributed by atoms with Gasteiger partial charge in [-0.15, -0.1) is 5.10 Å². The fraction of sp³-hybridized carbons (Fsp3) is 0.467. The highest BCUT2D eigenvalue weighted by molar-refractivity contribution is 5.96. The van der Waals surface area contributed by atoms with Gasteiger partial charge in [-0.1, -0.05) is 0 Å². The molecular formula is C15H17FN6O. The van der Waals surface area contributed by atoms with Gasteiger partial charge in [0.05, 0.1) is 0 Å². The van der Waals surface area contributed by atoms with Crippen LogP contribution in [0.2, 0.25) is 0 Å². The van der Waals surface area contributed by atoms with E-state index in [1.54, 1.807) is 17.0 Å². The number of piperidine rings is 1. The molecule has 0 radical (unpaired) electrons. The summed E-state index contributed by atoms with van der Waals surface area (Å²) in [6.07, 6.45) is 3.86. The molecule has 1 aromatic carbocycles. The maximum absolute atomic E-state index is 14.4. The van der Waals surface area contributed by atoms with Gasteiger partial charge in [0.25, 0.3) is 0 Å². The van der Waals surface area contributed by atoms with Crippen LogP contribution in [0.3, 0.4) is 0 Å². The Hall–Kier alpha value is -2.35. The van der Waals surface area contributed by atoms with Crippen molar-refractivity contribution in [3.8, 4) is 5.69 Å². The number of nitrogens with one attached hydrogen (secondary N) is 1. The lowest BCUT2D eigenvalue weighted by Crippen LogP contribution is -2.38. The van der Waals surface area contributed by atoms with Crippen molar-refractivity contribution in [3.63, 3.8) is 0 Å². The van der Waals surface area contributed by atoms with Crippen molar-refractivity contribution in [1.29, 1.82) is 0 Å². The van der Waals surface area contributed by atoms with E-state index in [-0.39, 0.29) is 17.0 Å². The topological polar surface area (TPSA) is 75.9 Å². The number of tetrazole rings is 1. The van der Waals surface area contributed by atoms with Crippen LogP contribution < -0.4 is 10.2 Å². The van der Waals surface area contributed by atoms with Gasteiger partial charge < -0.3 is 10.2 Å². The molecule has 3 heterocycles. The molecule has 0 atom stereocenters. The minimum atomic E-state index is -0.450. The van der Waals surface area contributed by atoms with Crippen LogP contribution in [0.1, 0.15) is 19.3 Å². The van der Waals surface area contributed by atoms with Crippen LogP contribution in [0.15, 0.2) is 24.5 Å². The minimum Gasteiger partial charge on any atom is -0.317 e. The van der Waals surface area contributed by atoms with Crippen molar-refractivity contribution in [1.82, 2.24) is 25.5 Å². The Morgan fingerprint density at radius 3 is 2.78 bits per heavy atom. The molecule has 2 aromatic rings. The molecule has 1 aromatic heterocycles. The Morgan fingerprint density at radius 2 is 2.09 bits per heavy atom. The molecule has 0 unspecified atom stereocenters. The van der Waals surface area contributed by atoms with Gasteiger partial charge in [0.1, 0.15) is 12.0 Å². The minimum absolute atomic E-state index is 0.0350. The molecule has 7 nitrogen and oxygen atoms in total. The lowest BCUT2D eigenvalue weighted by Gasteiger charge is -2.33. The van der Waals surface area contributed by atoms with E-state index in [4.69, 9.17) is 0 Å². The second kappa shape index (κ2) is 5.38. The fourth-order valence-electron chi connectivity index (χ4n) is 3.54. The Labute approximate surface area is 132 Å². The maximum Gasteiger partial charge on any atom is 0.227 e. The molecule has 4 rings (SSSR count). The summed E-state index contributed by atoms with van der Waals surface area (Å²) in [6.45, 7) is 2.54. The van der Waals surface area contributed by atoms with Crippen molar-refractivity contribution < 1.29 is 9.18 Å². The summed E-state index contributed by atoms with van der Waals surface area (Å²) < 4.78 is 15.6. The Morgan fingerprint density at radius 1 is 1.26 bits per heavy atom. The predicted molar refractivity (Wildman–Crippen MR) is 80.6 cm³/mol. The lowest BCUT2D eigenvalue weighted by atomic mass is 9.78. The maximum atomic E-state index is 14.4. The van der Waals surface area contributed by atoms with Crippen molar-refractivity contribution in [3.05, 3.63) is 30.3 Å². The number of aromatic nitrogens is 4. The molecule has 0 bridgehead atoms. The first kappa shape index (κ1) is 14.3. The molecule has 0 aliphatic carbocycles. The highest BCUT2D eigenvalue weighted by Gasteiger charge is 2.44. The molecule has 8 heteroatoms. The number of rotatable bonds is 2. The Balaban J connectivity index is 1.61. The molecular weight excluding hydrogens is 299 g/mol. The van der Waals surface area contributed by atoms with E-state index >= 15 is 0 Å². The molecule has 120 valence electrons. The molecule has 2 aliphatic rings. The summed E-state index contributed by atoms with van der Waals surface area (Å²) in [5.41, 5.74) is 0.898. The van der Waals surface area contributed by atoms with Gasteiger partial charge in [-0.3, -0.25) is 4.79 Å². The van der Waals surface area contributed by atoms with Crippen LogP contribution in [0.5, 0.6) is 0 Å². The fourth-order valence-corrected chi connectivity index (χ4v) is 3.54. The van der Waals surface area contributed by atoms with Gasteiger partial charge in [-0.2, -0.15) is 4.68 Å². The summed E-state index contributed by atoms with van der Waals surface area (Å²) >= 11 is 0. The number of nitrogens with zero attached hydrogens (tertiary/aromatic N) is 5. The number of carbonyl (C=O) groups excluding carboxylic acids is 1. The van der Waals surface area contributed by atoms with Gasteiger partial charge >= 0.3 is 0 Å². The van der Waals surface area contributed by atoms with Crippen LogP contribution in [0, 0.1) is 11.2 Å². The molecule has 23 heavy (non-hydrogen) atoms. The zero-order valence-corrected chi connectivity index (χ0v) is 12.6. The number of amides is 1. The third-order valence-corrected chi connectivity index (χ3v) is 4.82. The molecule has 2 saturated heterocycles. The Bertz CT molecular complexity index is 726. The van der Waals surface area contributed by atoms with Gasteiger partial charge in [0.15, 0.2) is 5.82 Å². The molecule has 2 aliphatic heterocycles. The lowest BCUT2D eigenvalue weighted by molar-refractivity contribution is -0.117. The van der Waals surface area contributed by atoms with E-state index in [1.165, 1.54) is 17.1 Å². The standard InChI is InChI=1S/C15H17FN6O/c16-12-7-11(1-2-13(12)22-10-18-19-20-22)21-9-15(8-14(21)23)3-5-17-6-4-15/h1-2,7,10,17H,3-6,8-9H2. The average Bonchev–Trinajstić information content (AvgIpc) is 3.17. The van der Waals surface area contributed by atoms with Crippen LogP contribution >= 0.6 is 0 Å². The second-order valence-corrected chi connectivity index (χ2v) is 6.30. The van der Waals surface area contributed by atoms with Crippen molar-refractivity contribution in [2.75, 3.05) is 24.5 Å². The first-order chi connectivity index (χ1) is 11.2. The van der Waals surface area contributed by atoms with Gasteiger partial charge in [-0.05, 0) is 60.0 Å². The number of halogens is 1. The predicted octanol–water partition coefficient (Wildman–Crippen LogP) is 0.908. The number of benzene rings is 1. The van der Waals surface area contributed by atoms with Crippen LogP contribution in [-0.2, 0) is 4.79 Å². The zero-order chi connectivity index (χ0) is 15.9. The summed E-state index contributed by atoms with van der Waals surface area (Å²) in [6, 6.07) is 4.73. The van der Waals surface area contributed by atoms with Gasteiger partial charge in [0.2, 0.25) is 5.91 Å². The largest absolute Gasteiger partial charge is 0.317 e. The summed E-state index contributed by atoms with van der Waals surface area (Å²) in [5.74, 6) is -0.379. The van der Waals surface area contributed by atoms with Crippen LogP contribution in [-0.4, -0.2) is 45.7 Å². The molecule has 0 saturated carbocycles. The first-order valence-corrected chi connectivity index (χ1v) is 7.71. The number of carbonyl (C=O) groups is 1. The van der Waals surface area contributed by atoms with E-state index in [9.17, 15) is 9.18 Å². The zero-order valence-electron chi connectivity index (χ0n) is 12.6. The molecule has 2 fully saturated rings. The van der Waals surface area contributed by atoms with E-state index in [1.807, 2.05) is 0 Å². The molecule has 1 spiro atoms. The summed E-state index contributed by atoms with van der Waals surface area (Å²) in [7, 11) is 0. The third-order valence-electron chi connectivity index (χ3n) is 4.82. The van der Waals surface area contributed by atoms with Crippen LogP contribution in [0.25, 0.3) is 5.69 Å². The van der Waals surface area contributed by atoms with Crippen molar-refractivity contribution >= 4 is 11.6 Å². The molecule has 1 N–H and O–H groups in total. The van der Waals surface area contributed by atoms with Gasteiger partial charge in [0, 0.05) is 18.7 Å². The van der Waals surface area contributed by atoms with Crippen LogP contribution in [0.4, 0.5) is 10.1 Å². The SMILES string of the molecule is O=C1CC2(CCNCC2)CN1c1ccc(-n2cnnn2)c(F)c1. The van der Waals surface area contributed by atoms with E-state index in [2.05, 4.69) is 20.8 Å². The average molecular weight is 316 g/mol. The summed E-state index contributed by atoms with van der Waals surface area (Å²) in [4.78, 5) is 14.1. The summed E-state index contributed by atoms with van der Waals surface area (Å²) in [5, 5.41) is 14.0. The van der Waals surface area contributed by atoms with Crippen molar-refractivity contribution in [2.45, 2.75) is 19.3 Å². The number of hydrogen-bond donors (Lipinski definition) is 1. The third kappa shape index (κ3) is 2.48. The quantitative estimate of drug-likeness (QED) is 0.891. The monoisotopic (exact) mass is 316 g/mol. The highest BCUT2D eigenvalue weighted by atomic mass is 19.1. The van der Waals surface area contributed by atoms with Crippen molar-refractivity contribution in [2.24, 2.45) is 5.41 Å². The normalized spacial score (nSPS) is 20.4. The number of anilines is 1.